The molecule has 1 unspecified atom stereocenters. The highest BCUT2D eigenvalue weighted by atomic mass is 14.9. The van der Waals surface area contributed by atoms with Crippen molar-refractivity contribution in [1.29, 1.82) is 0 Å². The van der Waals surface area contributed by atoms with Gasteiger partial charge in [-0.2, -0.15) is 0 Å². The Morgan fingerprint density at radius 1 is 1.17 bits per heavy atom. The summed E-state index contributed by atoms with van der Waals surface area (Å²) in [7, 11) is 0. The summed E-state index contributed by atoms with van der Waals surface area (Å²) in [6, 6.07) is 11.4. The smallest absolute Gasteiger partial charge is 0.00436 e. The molecule has 0 aliphatic carbocycles. The third kappa shape index (κ3) is 6.20. The molecule has 0 aliphatic rings. The lowest BCUT2D eigenvalue weighted by Gasteiger charge is -2.28. The normalized spacial score (nSPS) is 13.6. The highest BCUT2D eigenvalue weighted by Crippen LogP contribution is 2.29. The summed E-state index contributed by atoms with van der Waals surface area (Å²) in [4.78, 5) is 0. The second-order valence-corrected chi connectivity index (χ2v) is 6.17. The Morgan fingerprint density at radius 3 is 2.44 bits per heavy atom. The first-order valence-electron chi connectivity index (χ1n) is 7.31. The summed E-state index contributed by atoms with van der Waals surface area (Å²) in [5, 5.41) is 3.51. The molecule has 0 radical (unpaired) electrons. The van der Waals surface area contributed by atoms with Crippen LogP contribution in [0.5, 0.6) is 0 Å². The number of hydrogen-bond acceptors (Lipinski definition) is 1. The van der Waals surface area contributed by atoms with Gasteiger partial charge in [-0.25, -0.2) is 0 Å². The highest BCUT2D eigenvalue weighted by molar-refractivity contribution is 5.14. The molecular weight excluding hydrogens is 218 g/mol. The molecule has 0 spiro atoms. The number of nitrogens with one attached hydrogen (secondary N) is 1. The predicted molar refractivity (Wildman–Crippen MR) is 80.9 cm³/mol. The SMILES string of the molecule is CCNC(C)CC(C)(C)CCCc1ccccc1. The van der Waals surface area contributed by atoms with Crippen molar-refractivity contribution in [2.75, 3.05) is 6.54 Å². The van der Waals surface area contributed by atoms with Crippen LogP contribution in [0, 0.1) is 5.41 Å². The van der Waals surface area contributed by atoms with Gasteiger partial charge < -0.3 is 5.32 Å². The molecule has 0 saturated carbocycles. The summed E-state index contributed by atoms with van der Waals surface area (Å²) in [6.07, 6.45) is 5.06. The van der Waals surface area contributed by atoms with E-state index in [1.807, 2.05) is 0 Å². The predicted octanol–water partition coefficient (Wildman–Crippen LogP) is 4.42. The molecule has 102 valence electrons. The summed E-state index contributed by atoms with van der Waals surface area (Å²) >= 11 is 0. The van der Waals surface area contributed by atoms with Crippen molar-refractivity contribution >= 4 is 0 Å². The number of hydrogen-bond donors (Lipinski definition) is 1. The van der Waals surface area contributed by atoms with Crippen LogP contribution >= 0.6 is 0 Å². The van der Waals surface area contributed by atoms with E-state index in [0.29, 0.717) is 11.5 Å². The molecule has 0 bridgehead atoms. The lowest BCUT2D eigenvalue weighted by molar-refractivity contribution is 0.264. The van der Waals surface area contributed by atoms with Gasteiger partial charge in [0.05, 0.1) is 0 Å². The van der Waals surface area contributed by atoms with E-state index in [0.717, 1.165) is 6.54 Å². The fourth-order valence-corrected chi connectivity index (χ4v) is 2.77. The number of aryl methyl sites for hydroxylation is 1. The van der Waals surface area contributed by atoms with Crippen molar-refractivity contribution < 1.29 is 0 Å². The Labute approximate surface area is 113 Å². The Bertz CT molecular complexity index is 316. The molecule has 1 heteroatoms. The second kappa shape index (κ2) is 7.58. The molecule has 0 fully saturated rings. The van der Waals surface area contributed by atoms with E-state index in [1.54, 1.807) is 0 Å². The van der Waals surface area contributed by atoms with Crippen LogP contribution in [0.25, 0.3) is 0 Å². The number of benzene rings is 1. The van der Waals surface area contributed by atoms with Crippen molar-refractivity contribution in [3.05, 3.63) is 35.9 Å². The van der Waals surface area contributed by atoms with E-state index >= 15 is 0 Å². The molecule has 1 N–H and O–H groups in total. The summed E-state index contributed by atoms with van der Waals surface area (Å²) < 4.78 is 0. The monoisotopic (exact) mass is 247 g/mol. The molecule has 0 aliphatic heterocycles. The van der Waals surface area contributed by atoms with Crippen molar-refractivity contribution in [3.63, 3.8) is 0 Å². The number of rotatable bonds is 8. The summed E-state index contributed by atoms with van der Waals surface area (Å²) in [6.45, 7) is 10.3. The molecule has 0 amide bonds. The third-order valence-electron chi connectivity index (χ3n) is 3.57. The van der Waals surface area contributed by atoms with E-state index in [9.17, 15) is 0 Å². The Kier molecular flexibility index (Phi) is 6.42. The van der Waals surface area contributed by atoms with Gasteiger partial charge >= 0.3 is 0 Å². The first-order valence-corrected chi connectivity index (χ1v) is 7.31. The zero-order chi connectivity index (χ0) is 13.4. The molecule has 1 nitrogen and oxygen atoms in total. The molecule has 0 heterocycles. The van der Waals surface area contributed by atoms with Gasteiger partial charge in [0.25, 0.3) is 0 Å². The van der Waals surface area contributed by atoms with Crippen molar-refractivity contribution in [1.82, 2.24) is 5.32 Å². The van der Waals surface area contributed by atoms with Crippen LogP contribution in [0.15, 0.2) is 30.3 Å². The van der Waals surface area contributed by atoms with Crippen LogP contribution in [-0.2, 0) is 6.42 Å². The van der Waals surface area contributed by atoms with E-state index in [2.05, 4.69) is 63.3 Å². The van der Waals surface area contributed by atoms with Crippen LogP contribution < -0.4 is 5.32 Å². The van der Waals surface area contributed by atoms with E-state index < -0.39 is 0 Å². The van der Waals surface area contributed by atoms with Gasteiger partial charge in [0.1, 0.15) is 0 Å². The van der Waals surface area contributed by atoms with Crippen molar-refractivity contribution in [2.45, 2.75) is 59.4 Å². The van der Waals surface area contributed by atoms with Crippen LogP contribution in [0.2, 0.25) is 0 Å². The van der Waals surface area contributed by atoms with Crippen LogP contribution in [-0.4, -0.2) is 12.6 Å². The largest absolute Gasteiger partial charge is 0.315 e. The lowest BCUT2D eigenvalue weighted by atomic mass is 9.81. The fourth-order valence-electron chi connectivity index (χ4n) is 2.77. The molecule has 0 aromatic heterocycles. The second-order valence-electron chi connectivity index (χ2n) is 6.17. The summed E-state index contributed by atoms with van der Waals surface area (Å²) in [5.74, 6) is 0. The Balaban J connectivity index is 2.28. The Hall–Kier alpha value is -0.820. The standard InChI is InChI=1S/C17H29N/c1-5-18-15(2)14-17(3,4)13-9-12-16-10-7-6-8-11-16/h6-8,10-11,15,18H,5,9,12-14H2,1-4H3. The zero-order valence-electron chi connectivity index (χ0n) is 12.5. The quantitative estimate of drug-likeness (QED) is 0.717. The first kappa shape index (κ1) is 15.2. The Morgan fingerprint density at radius 2 is 1.83 bits per heavy atom. The maximum Gasteiger partial charge on any atom is 0.00436 e. The summed E-state index contributed by atoms with van der Waals surface area (Å²) in [5.41, 5.74) is 1.91. The average molecular weight is 247 g/mol. The first-order chi connectivity index (χ1) is 8.53. The topological polar surface area (TPSA) is 12.0 Å². The minimum absolute atomic E-state index is 0.441. The van der Waals surface area contributed by atoms with Crippen LogP contribution in [0.4, 0.5) is 0 Å². The van der Waals surface area contributed by atoms with Gasteiger partial charge in [-0.1, -0.05) is 51.1 Å². The minimum Gasteiger partial charge on any atom is -0.315 e. The van der Waals surface area contributed by atoms with Crippen LogP contribution in [0.3, 0.4) is 0 Å². The van der Waals surface area contributed by atoms with E-state index in [1.165, 1.54) is 31.2 Å². The molecular formula is C17H29N. The fraction of sp³-hybridized carbons (Fsp3) is 0.647. The van der Waals surface area contributed by atoms with Crippen molar-refractivity contribution in [3.8, 4) is 0 Å². The highest BCUT2D eigenvalue weighted by Gasteiger charge is 2.20. The van der Waals surface area contributed by atoms with Gasteiger partial charge in [-0.3, -0.25) is 0 Å². The van der Waals surface area contributed by atoms with Crippen molar-refractivity contribution in [2.24, 2.45) is 5.41 Å². The molecule has 18 heavy (non-hydrogen) atoms. The molecule has 0 saturated heterocycles. The zero-order valence-corrected chi connectivity index (χ0v) is 12.5. The van der Waals surface area contributed by atoms with Gasteiger partial charge in [0.2, 0.25) is 0 Å². The molecule has 1 aromatic rings. The minimum atomic E-state index is 0.441. The molecule has 1 rings (SSSR count). The van der Waals surface area contributed by atoms with Crippen LogP contribution in [0.1, 0.15) is 52.5 Å². The average Bonchev–Trinajstić information content (AvgIpc) is 2.29. The van der Waals surface area contributed by atoms with Gasteiger partial charge in [-0.05, 0) is 50.1 Å². The maximum absolute atomic E-state index is 3.51. The molecule has 1 atom stereocenters. The third-order valence-corrected chi connectivity index (χ3v) is 3.57. The maximum atomic E-state index is 3.51. The molecule has 1 aromatic carbocycles. The van der Waals surface area contributed by atoms with Gasteiger partial charge in [0.15, 0.2) is 0 Å². The van der Waals surface area contributed by atoms with Gasteiger partial charge in [-0.15, -0.1) is 0 Å². The van der Waals surface area contributed by atoms with Gasteiger partial charge in [0, 0.05) is 6.04 Å². The lowest BCUT2D eigenvalue weighted by Crippen LogP contribution is -2.31. The van der Waals surface area contributed by atoms with E-state index in [-0.39, 0.29) is 0 Å². The van der Waals surface area contributed by atoms with E-state index in [4.69, 9.17) is 0 Å².